The molecule has 0 heterocycles. The monoisotopic (exact) mass is 272 g/mol. The highest BCUT2D eigenvalue weighted by Gasteiger charge is 2.70. The van der Waals surface area contributed by atoms with Crippen molar-refractivity contribution in [1.29, 1.82) is 0 Å². The minimum absolute atomic E-state index is 0.120. The molecule has 0 aromatic rings. The quantitative estimate of drug-likeness (QED) is 0.625. The van der Waals surface area contributed by atoms with Gasteiger partial charge in [0.1, 0.15) is 17.0 Å². The summed E-state index contributed by atoms with van der Waals surface area (Å²) >= 11 is 0. The topological polar surface area (TPSA) is 0 Å². The molecule has 0 saturated heterocycles. The van der Waals surface area contributed by atoms with Crippen molar-refractivity contribution in [3.63, 3.8) is 0 Å². The zero-order valence-electron chi connectivity index (χ0n) is 9.67. The molecule has 4 rings (SSSR count). The first-order chi connectivity index (χ1) is 8.03. The maximum Gasteiger partial charge on any atom is 0.389 e. The van der Waals surface area contributed by atoms with Gasteiger partial charge in [0.05, 0.1) is 0 Å². The molecule has 0 N–H and O–H groups in total. The second-order valence-corrected chi connectivity index (χ2v) is 6.46. The third-order valence-corrected chi connectivity index (χ3v) is 4.80. The van der Waals surface area contributed by atoms with Crippen LogP contribution in [0, 0.1) is 11.8 Å². The highest BCUT2D eigenvalue weighted by atomic mass is 19.4. The second-order valence-electron chi connectivity index (χ2n) is 6.46. The zero-order valence-corrected chi connectivity index (χ0v) is 9.67. The number of alkyl halides is 6. The molecule has 0 aliphatic heterocycles. The van der Waals surface area contributed by atoms with Gasteiger partial charge in [-0.2, -0.15) is 13.2 Å². The van der Waals surface area contributed by atoms with E-state index >= 15 is 0 Å². The molecular formula is C12H14F6. The van der Waals surface area contributed by atoms with Crippen LogP contribution in [0.2, 0.25) is 0 Å². The molecule has 0 nitrogen and oxygen atoms in total. The van der Waals surface area contributed by atoms with Gasteiger partial charge in [-0.1, -0.05) is 0 Å². The van der Waals surface area contributed by atoms with Crippen LogP contribution in [0.25, 0.3) is 0 Å². The Hall–Kier alpha value is -0.420. The molecule has 0 unspecified atom stereocenters. The average molecular weight is 272 g/mol. The molecule has 0 radical (unpaired) electrons. The molecule has 4 aliphatic carbocycles. The zero-order chi connectivity index (χ0) is 13.4. The SMILES string of the molecule is FC(F)(F)C[C@@H]1C2C[C@]3(F)CC1(F)C[C@@](F)(C2)C3. The van der Waals surface area contributed by atoms with Crippen LogP contribution in [0.4, 0.5) is 26.3 Å². The van der Waals surface area contributed by atoms with Crippen molar-refractivity contribution in [3.05, 3.63) is 0 Å². The summed E-state index contributed by atoms with van der Waals surface area (Å²) in [6.45, 7) is 0. The van der Waals surface area contributed by atoms with Crippen LogP contribution in [0.15, 0.2) is 0 Å². The van der Waals surface area contributed by atoms with E-state index in [0.29, 0.717) is 0 Å². The summed E-state index contributed by atoms with van der Waals surface area (Å²) in [6.07, 6.45) is -7.46. The number of halogens is 6. The molecule has 4 saturated carbocycles. The molecule has 0 aromatic heterocycles. The van der Waals surface area contributed by atoms with Gasteiger partial charge in [-0.3, -0.25) is 0 Å². The number of rotatable bonds is 1. The maximum atomic E-state index is 14.6. The predicted octanol–water partition coefficient (Wildman–Crippen LogP) is 4.29. The van der Waals surface area contributed by atoms with E-state index in [2.05, 4.69) is 0 Å². The molecule has 104 valence electrons. The van der Waals surface area contributed by atoms with E-state index in [1.54, 1.807) is 0 Å². The van der Waals surface area contributed by atoms with Gasteiger partial charge >= 0.3 is 6.18 Å². The summed E-state index contributed by atoms with van der Waals surface area (Å²) < 4.78 is 80.4. The van der Waals surface area contributed by atoms with Gasteiger partial charge < -0.3 is 0 Å². The summed E-state index contributed by atoms with van der Waals surface area (Å²) in [5, 5.41) is 0. The van der Waals surface area contributed by atoms with E-state index < -0.39 is 54.3 Å². The van der Waals surface area contributed by atoms with Crippen LogP contribution in [-0.2, 0) is 0 Å². The Labute approximate surface area is 101 Å². The first kappa shape index (κ1) is 12.6. The van der Waals surface area contributed by atoms with Crippen LogP contribution in [0.5, 0.6) is 0 Å². The molecule has 4 bridgehead atoms. The Balaban J connectivity index is 1.92. The third kappa shape index (κ3) is 1.83. The normalized spacial score (nSPS) is 55.0. The Bertz CT molecular complexity index is 357. The first-order valence-electron chi connectivity index (χ1n) is 6.16. The summed E-state index contributed by atoms with van der Waals surface area (Å²) in [5.41, 5.74) is -6.20. The summed E-state index contributed by atoms with van der Waals surface area (Å²) in [6, 6.07) is 0. The number of hydrogen-bond donors (Lipinski definition) is 0. The lowest BCUT2D eigenvalue weighted by Crippen LogP contribution is -2.66. The van der Waals surface area contributed by atoms with Crippen LogP contribution >= 0.6 is 0 Å². The highest BCUT2D eigenvalue weighted by molar-refractivity contribution is 5.19. The molecule has 4 aliphatic rings. The summed E-state index contributed by atoms with van der Waals surface area (Å²) in [7, 11) is 0. The minimum Gasteiger partial charge on any atom is -0.244 e. The van der Waals surface area contributed by atoms with Crippen LogP contribution in [0.1, 0.15) is 38.5 Å². The molecule has 18 heavy (non-hydrogen) atoms. The Morgan fingerprint density at radius 3 is 1.78 bits per heavy atom. The maximum absolute atomic E-state index is 14.6. The lowest BCUT2D eigenvalue weighted by molar-refractivity contribution is -0.241. The summed E-state index contributed by atoms with van der Waals surface area (Å²) in [5.74, 6) is -2.09. The van der Waals surface area contributed by atoms with Crippen LogP contribution < -0.4 is 0 Å². The molecule has 3 atom stereocenters. The van der Waals surface area contributed by atoms with Gasteiger partial charge in [-0.05, 0) is 18.8 Å². The molecule has 0 amide bonds. The van der Waals surface area contributed by atoms with Crippen molar-refractivity contribution in [2.45, 2.75) is 61.7 Å². The number of hydrogen-bond acceptors (Lipinski definition) is 0. The highest BCUT2D eigenvalue weighted by Crippen LogP contribution is 2.66. The Kier molecular flexibility index (Phi) is 2.23. The molecule has 0 aromatic carbocycles. The van der Waals surface area contributed by atoms with E-state index in [1.807, 2.05) is 0 Å². The van der Waals surface area contributed by atoms with E-state index in [0.717, 1.165) is 0 Å². The van der Waals surface area contributed by atoms with Crippen molar-refractivity contribution in [2.75, 3.05) is 0 Å². The smallest absolute Gasteiger partial charge is 0.244 e. The van der Waals surface area contributed by atoms with Crippen LogP contribution in [0.3, 0.4) is 0 Å². The Morgan fingerprint density at radius 1 is 0.889 bits per heavy atom. The van der Waals surface area contributed by atoms with Gasteiger partial charge in [-0.25, -0.2) is 13.2 Å². The van der Waals surface area contributed by atoms with E-state index in [4.69, 9.17) is 0 Å². The van der Waals surface area contributed by atoms with Crippen molar-refractivity contribution in [3.8, 4) is 0 Å². The fraction of sp³-hybridized carbons (Fsp3) is 1.00. The fourth-order valence-electron chi connectivity index (χ4n) is 4.68. The van der Waals surface area contributed by atoms with E-state index in [1.165, 1.54) is 0 Å². The van der Waals surface area contributed by atoms with Gasteiger partial charge in [0, 0.05) is 31.6 Å². The van der Waals surface area contributed by atoms with Crippen molar-refractivity contribution in [1.82, 2.24) is 0 Å². The van der Waals surface area contributed by atoms with Gasteiger partial charge in [-0.15, -0.1) is 0 Å². The lowest BCUT2D eigenvalue weighted by atomic mass is 9.47. The average Bonchev–Trinajstić information content (AvgIpc) is 2.04. The standard InChI is InChI=1S/C12H14F6/c13-9-1-7-2-10(14,4-9)6-11(15,5-9)8(7)3-12(16,17)18/h7-8H,1-6H2/t7?,8-,9-,10-,11?/m1/s1. The fourth-order valence-corrected chi connectivity index (χ4v) is 4.68. The molecular weight excluding hydrogens is 258 g/mol. The minimum atomic E-state index is -4.48. The molecule has 0 spiro atoms. The van der Waals surface area contributed by atoms with Crippen molar-refractivity contribution < 1.29 is 26.3 Å². The van der Waals surface area contributed by atoms with Gasteiger partial charge in [0.25, 0.3) is 0 Å². The third-order valence-electron chi connectivity index (χ3n) is 4.80. The van der Waals surface area contributed by atoms with Crippen molar-refractivity contribution >= 4 is 0 Å². The van der Waals surface area contributed by atoms with E-state index in [-0.39, 0.29) is 19.3 Å². The molecule has 4 fully saturated rings. The van der Waals surface area contributed by atoms with Gasteiger partial charge in [0.2, 0.25) is 0 Å². The second kappa shape index (κ2) is 3.18. The lowest BCUT2D eigenvalue weighted by Gasteiger charge is -2.61. The van der Waals surface area contributed by atoms with Crippen LogP contribution in [-0.4, -0.2) is 23.2 Å². The largest absolute Gasteiger partial charge is 0.389 e. The van der Waals surface area contributed by atoms with Crippen molar-refractivity contribution in [2.24, 2.45) is 11.8 Å². The predicted molar refractivity (Wildman–Crippen MR) is 52.3 cm³/mol. The summed E-state index contributed by atoms with van der Waals surface area (Å²) in [4.78, 5) is 0. The van der Waals surface area contributed by atoms with E-state index in [9.17, 15) is 26.3 Å². The van der Waals surface area contributed by atoms with Gasteiger partial charge in [0.15, 0.2) is 0 Å². The molecule has 6 heteroatoms. The Morgan fingerprint density at radius 2 is 1.39 bits per heavy atom. The first-order valence-corrected chi connectivity index (χ1v) is 6.16.